The number of thiazole rings is 1. The molecule has 0 atom stereocenters. The molecule has 1 N–H and O–H groups in total. The number of carbonyl (C=O) groups is 1. The number of benzene rings is 2. The molecule has 6 nitrogen and oxygen atoms in total. The van der Waals surface area contributed by atoms with Crippen LogP contribution in [0.15, 0.2) is 48.2 Å². The Bertz CT molecular complexity index is 1370. The van der Waals surface area contributed by atoms with Crippen molar-refractivity contribution in [2.24, 2.45) is 0 Å². The second-order valence-corrected chi connectivity index (χ2v) is 10.1. The molecule has 0 saturated heterocycles. The van der Waals surface area contributed by atoms with E-state index in [2.05, 4.69) is 17.2 Å². The maximum Gasteiger partial charge on any atom is 0.416 e. The molecule has 0 aliphatic rings. The van der Waals surface area contributed by atoms with Crippen molar-refractivity contribution in [1.29, 1.82) is 5.26 Å². The van der Waals surface area contributed by atoms with E-state index in [0.717, 1.165) is 49.2 Å². The maximum atomic E-state index is 13.1. The van der Waals surface area contributed by atoms with Gasteiger partial charge >= 0.3 is 6.18 Å². The first-order chi connectivity index (χ1) is 18.6. The van der Waals surface area contributed by atoms with Crippen LogP contribution in [0.4, 0.5) is 18.3 Å². The first-order valence-corrected chi connectivity index (χ1v) is 13.4. The Balaban J connectivity index is 1.67. The lowest BCUT2D eigenvalue weighted by Crippen LogP contribution is -2.13. The van der Waals surface area contributed by atoms with Gasteiger partial charge in [-0.15, -0.1) is 11.3 Å². The van der Waals surface area contributed by atoms with Crippen LogP contribution >= 0.6 is 22.9 Å². The molecule has 2 aromatic carbocycles. The van der Waals surface area contributed by atoms with Gasteiger partial charge in [-0.1, -0.05) is 43.9 Å². The topological polar surface area (TPSA) is 84.2 Å². The summed E-state index contributed by atoms with van der Waals surface area (Å²) in [7, 11) is 1.51. The van der Waals surface area contributed by atoms with Crippen LogP contribution in [-0.4, -0.2) is 24.6 Å². The number of alkyl halides is 3. The lowest BCUT2D eigenvalue weighted by molar-refractivity contribution is -0.137. The Kier molecular flexibility index (Phi) is 10.8. The van der Waals surface area contributed by atoms with Gasteiger partial charge in [0.1, 0.15) is 11.6 Å². The van der Waals surface area contributed by atoms with Crippen LogP contribution in [0.25, 0.3) is 6.08 Å². The molecule has 11 heteroatoms. The third-order valence-corrected chi connectivity index (χ3v) is 6.91. The van der Waals surface area contributed by atoms with Gasteiger partial charge in [0.15, 0.2) is 16.6 Å². The number of unbranched alkanes of at least 4 members (excludes halogenated alkanes) is 3. The Morgan fingerprint density at radius 3 is 2.67 bits per heavy atom. The first-order valence-electron chi connectivity index (χ1n) is 12.2. The molecule has 0 aliphatic carbocycles. The highest BCUT2D eigenvalue weighted by molar-refractivity contribution is 7.15. The number of methoxy groups -OCH3 is 1. The van der Waals surface area contributed by atoms with Gasteiger partial charge in [0, 0.05) is 22.5 Å². The van der Waals surface area contributed by atoms with Crippen LogP contribution in [0.2, 0.25) is 5.02 Å². The minimum atomic E-state index is -4.49. The minimum absolute atomic E-state index is 0.101. The summed E-state index contributed by atoms with van der Waals surface area (Å²) >= 11 is 7.16. The second kappa shape index (κ2) is 14.0. The molecule has 0 fully saturated rings. The monoisotopic (exact) mass is 577 g/mol. The summed E-state index contributed by atoms with van der Waals surface area (Å²) in [6.45, 7) is 2.70. The van der Waals surface area contributed by atoms with Crippen molar-refractivity contribution in [2.45, 2.75) is 45.2 Å². The molecule has 3 rings (SSSR count). The minimum Gasteiger partial charge on any atom is -0.493 e. The fraction of sp³-hybridized carbons (Fsp3) is 0.321. The molecule has 1 heterocycles. The van der Waals surface area contributed by atoms with Gasteiger partial charge < -0.3 is 9.47 Å². The van der Waals surface area contributed by atoms with Gasteiger partial charge in [0.25, 0.3) is 5.91 Å². The van der Waals surface area contributed by atoms with Crippen LogP contribution in [0.3, 0.4) is 0 Å². The highest BCUT2D eigenvalue weighted by atomic mass is 35.5. The average Bonchev–Trinajstić information content (AvgIpc) is 3.34. The van der Waals surface area contributed by atoms with Crippen molar-refractivity contribution in [2.75, 3.05) is 19.0 Å². The van der Waals surface area contributed by atoms with Crippen molar-refractivity contribution >= 4 is 40.1 Å². The first kappa shape index (κ1) is 30.0. The Morgan fingerprint density at radius 2 is 1.97 bits per heavy atom. The smallest absolute Gasteiger partial charge is 0.416 e. The summed E-state index contributed by atoms with van der Waals surface area (Å²) in [6, 6.07) is 10.1. The molecule has 3 aromatic rings. The van der Waals surface area contributed by atoms with E-state index in [1.54, 1.807) is 18.2 Å². The number of hydrogen-bond acceptors (Lipinski definition) is 6. The fourth-order valence-corrected chi connectivity index (χ4v) is 4.62. The third-order valence-electron chi connectivity index (χ3n) is 5.63. The lowest BCUT2D eigenvalue weighted by atomic mass is 10.1. The standard InChI is InChI=1S/C28H27ClF3N3O3S/c1-3-4-5-6-11-38-24-10-7-18(13-25(24)37-2)12-20(16-33)26(36)35-27-34-17-22(39-27)15-19-14-21(28(30,31)32)8-9-23(19)29/h7-10,12-14,17H,3-6,11,15H2,1-2H3,(H,34,35,36)/b20-12+. The zero-order chi connectivity index (χ0) is 28.4. The Labute approximate surface area is 234 Å². The molecule has 0 aliphatic heterocycles. The van der Waals surface area contributed by atoms with Gasteiger partial charge in [-0.3, -0.25) is 10.1 Å². The van der Waals surface area contributed by atoms with E-state index in [-0.39, 0.29) is 27.7 Å². The third kappa shape index (κ3) is 8.73. The zero-order valence-electron chi connectivity index (χ0n) is 21.4. The number of anilines is 1. The second-order valence-electron chi connectivity index (χ2n) is 8.56. The lowest BCUT2D eigenvalue weighted by Gasteiger charge is -2.11. The molecular weight excluding hydrogens is 551 g/mol. The van der Waals surface area contributed by atoms with E-state index in [1.165, 1.54) is 25.4 Å². The number of nitriles is 1. The highest BCUT2D eigenvalue weighted by Gasteiger charge is 2.31. The van der Waals surface area contributed by atoms with Gasteiger partial charge in [-0.05, 0) is 54.0 Å². The molecule has 1 amide bonds. The molecule has 39 heavy (non-hydrogen) atoms. The summed E-state index contributed by atoms with van der Waals surface area (Å²) in [5.74, 6) is 0.380. The van der Waals surface area contributed by atoms with Gasteiger partial charge in [-0.25, -0.2) is 4.98 Å². The van der Waals surface area contributed by atoms with Gasteiger partial charge in [-0.2, -0.15) is 18.4 Å². The van der Waals surface area contributed by atoms with E-state index in [1.807, 2.05) is 6.07 Å². The summed E-state index contributed by atoms with van der Waals surface area (Å²) in [5, 5.41) is 12.5. The fourth-order valence-electron chi connectivity index (χ4n) is 3.61. The maximum absolute atomic E-state index is 13.1. The van der Waals surface area contributed by atoms with Crippen molar-refractivity contribution in [3.63, 3.8) is 0 Å². The molecule has 0 bridgehead atoms. The Hall–Kier alpha value is -3.55. The molecule has 0 unspecified atom stereocenters. The number of hydrogen-bond donors (Lipinski definition) is 1. The largest absolute Gasteiger partial charge is 0.493 e. The van der Waals surface area contributed by atoms with Gasteiger partial charge in [0.2, 0.25) is 0 Å². The van der Waals surface area contributed by atoms with Crippen molar-refractivity contribution < 1.29 is 27.4 Å². The van der Waals surface area contributed by atoms with Gasteiger partial charge in [0.05, 0.1) is 19.3 Å². The van der Waals surface area contributed by atoms with Crippen molar-refractivity contribution in [3.8, 4) is 17.6 Å². The summed E-state index contributed by atoms with van der Waals surface area (Å²) in [6.07, 6.45) is 2.77. The Morgan fingerprint density at radius 1 is 1.18 bits per heavy atom. The molecule has 0 spiro atoms. The molecular formula is C28H27ClF3N3O3S. The molecule has 0 radical (unpaired) electrons. The molecule has 0 saturated carbocycles. The van der Waals surface area contributed by atoms with E-state index in [0.29, 0.717) is 28.5 Å². The van der Waals surface area contributed by atoms with Crippen molar-refractivity contribution in [3.05, 3.63) is 74.8 Å². The molecule has 1 aromatic heterocycles. The van der Waals surface area contributed by atoms with Crippen LogP contribution in [0.5, 0.6) is 11.5 Å². The normalized spacial score (nSPS) is 11.7. The zero-order valence-corrected chi connectivity index (χ0v) is 23.0. The van der Waals surface area contributed by atoms with Crippen LogP contribution in [0, 0.1) is 11.3 Å². The number of rotatable bonds is 12. The number of halogens is 4. The highest BCUT2D eigenvalue weighted by Crippen LogP contribution is 2.33. The van der Waals surface area contributed by atoms with E-state index >= 15 is 0 Å². The SMILES string of the molecule is CCCCCCOc1ccc(/C=C(\C#N)C(=O)Nc2ncc(Cc3cc(C(F)(F)F)ccc3Cl)s2)cc1OC. The van der Waals surface area contributed by atoms with Crippen LogP contribution in [-0.2, 0) is 17.4 Å². The van der Waals surface area contributed by atoms with Crippen LogP contribution in [0.1, 0.15) is 54.2 Å². The number of aromatic nitrogens is 1. The quantitative estimate of drug-likeness (QED) is 0.134. The number of carbonyl (C=O) groups excluding carboxylic acids is 1. The summed E-state index contributed by atoms with van der Waals surface area (Å²) in [4.78, 5) is 17.4. The summed E-state index contributed by atoms with van der Waals surface area (Å²) < 4.78 is 50.4. The summed E-state index contributed by atoms with van der Waals surface area (Å²) in [5.41, 5.74) is -0.112. The van der Waals surface area contributed by atoms with E-state index in [9.17, 15) is 23.2 Å². The van der Waals surface area contributed by atoms with Crippen molar-refractivity contribution in [1.82, 2.24) is 4.98 Å². The van der Waals surface area contributed by atoms with E-state index < -0.39 is 17.6 Å². The predicted octanol–water partition coefficient (Wildman–Crippen LogP) is 7.92. The molecule has 206 valence electrons. The average molecular weight is 578 g/mol. The number of nitrogens with zero attached hydrogens (tertiary/aromatic N) is 2. The van der Waals surface area contributed by atoms with Crippen LogP contribution < -0.4 is 14.8 Å². The number of amides is 1. The van der Waals surface area contributed by atoms with E-state index in [4.69, 9.17) is 21.1 Å². The number of ether oxygens (including phenoxy) is 2. The number of nitrogens with one attached hydrogen (secondary N) is 1. The predicted molar refractivity (Wildman–Crippen MR) is 146 cm³/mol.